The van der Waals surface area contributed by atoms with Crippen molar-refractivity contribution in [1.29, 1.82) is 0 Å². The summed E-state index contributed by atoms with van der Waals surface area (Å²) >= 11 is 1.87. The molecule has 98 valence electrons. The molecule has 2 heterocycles. The lowest BCUT2D eigenvalue weighted by atomic mass is 9.86. The number of aliphatic imine (C=N–C) groups is 1. The lowest BCUT2D eigenvalue weighted by Crippen LogP contribution is -2.46. The van der Waals surface area contributed by atoms with Crippen molar-refractivity contribution in [2.24, 2.45) is 10.9 Å². The molecule has 2 atom stereocenters. The zero-order chi connectivity index (χ0) is 12.4. The largest absolute Gasteiger partial charge is 0.464 e. The normalized spacial score (nSPS) is 29.9. The van der Waals surface area contributed by atoms with Gasteiger partial charge in [0.2, 0.25) is 0 Å². The van der Waals surface area contributed by atoms with Crippen molar-refractivity contribution in [3.8, 4) is 0 Å². The standard InChI is InChI=1S/C14H20N2OS/c1-10-6-7-12(17-10)8-15-14-16-13-5-3-2-4-11(13)9-18-14/h6-7,11,13H,2-5,8-9H2,1H3,(H,15,16). The molecule has 0 amide bonds. The molecule has 1 aromatic rings. The second-order valence-corrected chi connectivity index (χ2v) is 6.25. The van der Waals surface area contributed by atoms with Gasteiger partial charge in [0.1, 0.15) is 11.5 Å². The minimum Gasteiger partial charge on any atom is -0.464 e. The van der Waals surface area contributed by atoms with Gasteiger partial charge in [0, 0.05) is 11.8 Å². The zero-order valence-electron chi connectivity index (χ0n) is 10.8. The second kappa shape index (κ2) is 5.39. The van der Waals surface area contributed by atoms with Crippen LogP contribution < -0.4 is 5.32 Å². The molecule has 1 saturated heterocycles. The molecule has 1 aromatic heterocycles. The summed E-state index contributed by atoms with van der Waals surface area (Å²) < 4.78 is 5.54. The molecule has 0 bridgehead atoms. The molecule has 1 aliphatic carbocycles. The predicted octanol–water partition coefficient (Wildman–Crippen LogP) is 3.34. The van der Waals surface area contributed by atoms with Crippen LogP contribution >= 0.6 is 11.8 Å². The molecular weight excluding hydrogens is 244 g/mol. The van der Waals surface area contributed by atoms with Crippen molar-refractivity contribution in [2.45, 2.75) is 45.2 Å². The van der Waals surface area contributed by atoms with E-state index in [4.69, 9.17) is 4.42 Å². The average Bonchev–Trinajstić information content (AvgIpc) is 2.82. The molecule has 3 nitrogen and oxygen atoms in total. The smallest absolute Gasteiger partial charge is 0.157 e. The number of rotatable bonds is 2. The highest BCUT2D eigenvalue weighted by molar-refractivity contribution is 8.13. The van der Waals surface area contributed by atoms with Crippen LogP contribution in [0.15, 0.2) is 21.5 Å². The van der Waals surface area contributed by atoms with E-state index in [9.17, 15) is 0 Å². The van der Waals surface area contributed by atoms with Crippen LogP contribution in [0.1, 0.15) is 37.2 Å². The fourth-order valence-corrected chi connectivity index (χ4v) is 3.96. The minimum atomic E-state index is 0.653. The minimum absolute atomic E-state index is 0.653. The Hall–Kier alpha value is -0.900. The Kier molecular flexibility index (Phi) is 3.64. The number of thioether (sulfide) groups is 1. The number of nitrogens with zero attached hydrogens (tertiary/aromatic N) is 1. The Bertz CT molecular complexity index is 441. The molecule has 3 rings (SSSR count). The summed E-state index contributed by atoms with van der Waals surface area (Å²) in [7, 11) is 0. The number of nitrogens with one attached hydrogen (secondary N) is 1. The molecular formula is C14H20N2OS. The maximum atomic E-state index is 5.54. The van der Waals surface area contributed by atoms with Gasteiger partial charge in [-0.05, 0) is 37.8 Å². The SMILES string of the molecule is Cc1ccc(CN=C2NC3CCCCC3CS2)o1. The Morgan fingerprint density at radius 1 is 1.39 bits per heavy atom. The molecule has 1 saturated carbocycles. The lowest BCUT2D eigenvalue weighted by Gasteiger charge is -2.36. The Morgan fingerprint density at radius 3 is 3.11 bits per heavy atom. The van der Waals surface area contributed by atoms with Gasteiger partial charge >= 0.3 is 0 Å². The van der Waals surface area contributed by atoms with Crippen LogP contribution in [0.3, 0.4) is 0 Å². The van der Waals surface area contributed by atoms with Crippen LogP contribution in [0, 0.1) is 12.8 Å². The first-order valence-corrected chi connectivity index (χ1v) is 7.79. The Morgan fingerprint density at radius 2 is 2.28 bits per heavy atom. The summed E-state index contributed by atoms with van der Waals surface area (Å²) in [6.45, 7) is 2.62. The molecule has 4 heteroatoms. The third-order valence-electron chi connectivity index (χ3n) is 3.83. The van der Waals surface area contributed by atoms with E-state index >= 15 is 0 Å². The van der Waals surface area contributed by atoms with Gasteiger partial charge in [0.15, 0.2) is 5.17 Å². The van der Waals surface area contributed by atoms with E-state index in [0.717, 1.165) is 22.6 Å². The van der Waals surface area contributed by atoms with Crippen LogP contribution in [0.2, 0.25) is 0 Å². The molecule has 1 aliphatic heterocycles. The van der Waals surface area contributed by atoms with Crippen LogP contribution in [-0.2, 0) is 6.54 Å². The molecule has 1 N–H and O–H groups in total. The highest BCUT2D eigenvalue weighted by Crippen LogP contribution is 2.31. The summed E-state index contributed by atoms with van der Waals surface area (Å²) in [5, 5.41) is 4.71. The highest BCUT2D eigenvalue weighted by atomic mass is 32.2. The van der Waals surface area contributed by atoms with Crippen molar-refractivity contribution in [3.63, 3.8) is 0 Å². The van der Waals surface area contributed by atoms with Crippen molar-refractivity contribution < 1.29 is 4.42 Å². The van der Waals surface area contributed by atoms with Crippen LogP contribution in [0.25, 0.3) is 0 Å². The van der Waals surface area contributed by atoms with Gasteiger partial charge < -0.3 is 9.73 Å². The Balaban J connectivity index is 1.59. The molecule has 0 spiro atoms. The van der Waals surface area contributed by atoms with Crippen molar-refractivity contribution >= 4 is 16.9 Å². The summed E-state index contributed by atoms with van der Waals surface area (Å²) in [5.41, 5.74) is 0. The highest BCUT2D eigenvalue weighted by Gasteiger charge is 2.30. The van der Waals surface area contributed by atoms with Crippen LogP contribution in [0.5, 0.6) is 0 Å². The van der Waals surface area contributed by atoms with E-state index in [1.54, 1.807) is 0 Å². The van der Waals surface area contributed by atoms with Gasteiger partial charge in [-0.2, -0.15) is 0 Å². The first-order chi connectivity index (χ1) is 8.81. The van der Waals surface area contributed by atoms with E-state index < -0.39 is 0 Å². The maximum Gasteiger partial charge on any atom is 0.157 e. The summed E-state index contributed by atoms with van der Waals surface area (Å²) in [4.78, 5) is 4.63. The van der Waals surface area contributed by atoms with Gasteiger partial charge in [-0.1, -0.05) is 24.6 Å². The number of furan rings is 1. The van der Waals surface area contributed by atoms with E-state index in [0.29, 0.717) is 12.6 Å². The van der Waals surface area contributed by atoms with Gasteiger partial charge in [0.05, 0.1) is 6.54 Å². The summed E-state index contributed by atoms with van der Waals surface area (Å²) in [5.74, 6) is 4.00. The van der Waals surface area contributed by atoms with E-state index in [2.05, 4.69) is 10.3 Å². The maximum absolute atomic E-state index is 5.54. The van der Waals surface area contributed by atoms with E-state index in [1.807, 2.05) is 30.8 Å². The fourth-order valence-electron chi connectivity index (χ4n) is 2.79. The Labute approximate surface area is 112 Å². The zero-order valence-corrected chi connectivity index (χ0v) is 11.6. The second-order valence-electron chi connectivity index (χ2n) is 5.24. The first kappa shape index (κ1) is 12.2. The quantitative estimate of drug-likeness (QED) is 0.890. The van der Waals surface area contributed by atoms with Crippen molar-refractivity contribution in [3.05, 3.63) is 23.7 Å². The van der Waals surface area contributed by atoms with Gasteiger partial charge in [-0.3, -0.25) is 4.99 Å². The van der Waals surface area contributed by atoms with Crippen LogP contribution in [-0.4, -0.2) is 17.0 Å². The number of fused-ring (bicyclic) bond motifs is 1. The topological polar surface area (TPSA) is 37.5 Å². The van der Waals surface area contributed by atoms with Crippen LogP contribution in [0.4, 0.5) is 0 Å². The van der Waals surface area contributed by atoms with E-state index in [-0.39, 0.29) is 0 Å². The monoisotopic (exact) mass is 264 g/mol. The van der Waals surface area contributed by atoms with Gasteiger partial charge in [-0.25, -0.2) is 0 Å². The average molecular weight is 264 g/mol. The van der Waals surface area contributed by atoms with Crippen molar-refractivity contribution in [1.82, 2.24) is 5.32 Å². The lowest BCUT2D eigenvalue weighted by molar-refractivity contribution is 0.311. The molecule has 2 fully saturated rings. The number of amidine groups is 1. The molecule has 0 aromatic carbocycles. The molecule has 18 heavy (non-hydrogen) atoms. The molecule has 2 aliphatic rings. The van der Waals surface area contributed by atoms with Gasteiger partial charge in [0.25, 0.3) is 0 Å². The number of hydrogen-bond acceptors (Lipinski definition) is 3. The summed E-state index contributed by atoms with van der Waals surface area (Å²) in [6, 6.07) is 4.67. The number of hydrogen-bond donors (Lipinski definition) is 1. The predicted molar refractivity (Wildman–Crippen MR) is 75.9 cm³/mol. The summed E-state index contributed by atoms with van der Waals surface area (Å²) in [6.07, 6.45) is 5.46. The van der Waals surface area contributed by atoms with Crippen molar-refractivity contribution in [2.75, 3.05) is 5.75 Å². The first-order valence-electron chi connectivity index (χ1n) is 6.80. The fraction of sp³-hybridized carbons (Fsp3) is 0.643. The third kappa shape index (κ3) is 2.74. The third-order valence-corrected chi connectivity index (χ3v) is 4.94. The van der Waals surface area contributed by atoms with Gasteiger partial charge in [-0.15, -0.1) is 0 Å². The molecule has 2 unspecified atom stereocenters. The number of aryl methyl sites for hydroxylation is 1. The molecule has 0 radical (unpaired) electrons. The van der Waals surface area contributed by atoms with E-state index in [1.165, 1.54) is 31.4 Å².